The van der Waals surface area contributed by atoms with Crippen molar-refractivity contribution in [2.75, 3.05) is 0 Å². The number of urea groups is 1. The molecule has 0 aliphatic carbocycles. The molecule has 2 N–H and O–H groups in total. The van der Waals surface area contributed by atoms with Gasteiger partial charge in [-0.1, -0.05) is 12.1 Å². The lowest BCUT2D eigenvalue weighted by molar-refractivity contribution is -0.0499. The van der Waals surface area contributed by atoms with Crippen molar-refractivity contribution in [1.29, 1.82) is 0 Å². The maximum Gasteiger partial charge on any atom is 0.387 e. The maximum absolute atomic E-state index is 12.3. The first kappa shape index (κ1) is 17.7. The van der Waals surface area contributed by atoms with E-state index in [1.807, 2.05) is 13.1 Å². The van der Waals surface area contributed by atoms with Gasteiger partial charge in [-0.2, -0.15) is 13.9 Å². The summed E-state index contributed by atoms with van der Waals surface area (Å²) in [7, 11) is 1.80. The van der Waals surface area contributed by atoms with E-state index in [4.69, 9.17) is 0 Å². The van der Waals surface area contributed by atoms with Crippen LogP contribution in [0.4, 0.5) is 13.6 Å². The molecule has 0 saturated heterocycles. The summed E-state index contributed by atoms with van der Waals surface area (Å²) in [5.74, 6) is 0.0558. The summed E-state index contributed by atoms with van der Waals surface area (Å²) in [6.45, 7) is 0.723. The summed E-state index contributed by atoms with van der Waals surface area (Å²) in [5.41, 5.74) is 1.55. The molecule has 0 spiro atoms. The normalized spacial score (nSPS) is 13.4. The summed E-state index contributed by atoms with van der Waals surface area (Å²) in [4.78, 5) is 12.1. The van der Waals surface area contributed by atoms with Gasteiger partial charge in [0.2, 0.25) is 0 Å². The van der Waals surface area contributed by atoms with Gasteiger partial charge in [-0.25, -0.2) is 4.79 Å². The van der Waals surface area contributed by atoms with Gasteiger partial charge in [0.15, 0.2) is 0 Å². The molecule has 1 aromatic carbocycles. The molecule has 0 fully saturated rings. The number of hydrogen-bond donors (Lipinski definition) is 2. The van der Waals surface area contributed by atoms with E-state index < -0.39 is 6.61 Å². The smallest absolute Gasteiger partial charge is 0.387 e. The van der Waals surface area contributed by atoms with Gasteiger partial charge in [-0.15, -0.1) is 0 Å². The molecule has 2 unspecified atom stereocenters. The zero-order valence-corrected chi connectivity index (χ0v) is 13.7. The van der Waals surface area contributed by atoms with Crippen molar-refractivity contribution in [3.8, 4) is 5.75 Å². The van der Waals surface area contributed by atoms with Crippen molar-refractivity contribution in [2.45, 2.75) is 32.5 Å². The third kappa shape index (κ3) is 4.94. The summed E-state index contributed by atoms with van der Waals surface area (Å²) in [6, 6.07) is 5.30. The number of carbonyl (C=O) groups is 1. The summed E-state index contributed by atoms with van der Waals surface area (Å²) in [5, 5.41) is 9.62. The minimum absolute atomic E-state index is 0.0558. The van der Waals surface area contributed by atoms with Gasteiger partial charge in [-0.05, 0) is 31.5 Å². The predicted octanol–water partition coefficient (Wildman–Crippen LogP) is 3.14. The highest BCUT2D eigenvalue weighted by Crippen LogP contribution is 2.20. The molecule has 24 heavy (non-hydrogen) atoms. The van der Waals surface area contributed by atoms with E-state index in [1.165, 1.54) is 12.1 Å². The van der Waals surface area contributed by atoms with Crippen LogP contribution in [0.1, 0.15) is 37.1 Å². The molecule has 8 heteroatoms. The highest BCUT2D eigenvalue weighted by molar-refractivity contribution is 5.74. The molecular weight excluding hydrogens is 318 g/mol. The maximum atomic E-state index is 12.3. The van der Waals surface area contributed by atoms with Gasteiger partial charge in [0.25, 0.3) is 0 Å². The minimum atomic E-state index is -2.88. The molecule has 2 rings (SSSR count). The highest BCUT2D eigenvalue weighted by atomic mass is 19.3. The quantitative estimate of drug-likeness (QED) is 0.850. The van der Waals surface area contributed by atoms with Crippen LogP contribution >= 0.6 is 0 Å². The van der Waals surface area contributed by atoms with Gasteiger partial charge in [-0.3, -0.25) is 4.68 Å². The molecular formula is C16H20F2N4O2. The highest BCUT2D eigenvalue weighted by Gasteiger charge is 2.15. The van der Waals surface area contributed by atoms with Crippen LogP contribution in [0.5, 0.6) is 5.75 Å². The fourth-order valence-electron chi connectivity index (χ4n) is 2.23. The van der Waals surface area contributed by atoms with Crippen LogP contribution in [0.15, 0.2) is 36.7 Å². The van der Waals surface area contributed by atoms with E-state index in [9.17, 15) is 13.6 Å². The minimum Gasteiger partial charge on any atom is -0.435 e. The first-order valence-corrected chi connectivity index (χ1v) is 7.45. The van der Waals surface area contributed by atoms with Crippen LogP contribution in [0.25, 0.3) is 0 Å². The van der Waals surface area contributed by atoms with Crippen LogP contribution in [0.2, 0.25) is 0 Å². The summed E-state index contributed by atoms with van der Waals surface area (Å²) >= 11 is 0. The number of hydrogen-bond acceptors (Lipinski definition) is 3. The van der Waals surface area contributed by atoms with E-state index in [2.05, 4.69) is 20.5 Å². The molecule has 1 heterocycles. The van der Waals surface area contributed by atoms with Crippen LogP contribution < -0.4 is 15.4 Å². The zero-order valence-electron chi connectivity index (χ0n) is 13.7. The van der Waals surface area contributed by atoms with Crippen LogP contribution in [-0.4, -0.2) is 22.4 Å². The molecule has 0 bridgehead atoms. The van der Waals surface area contributed by atoms with Crippen LogP contribution in [0, 0.1) is 0 Å². The Morgan fingerprint density at radius 2 is 1.88 bits per heavy atom. The van der Waals surface area contributed by atoms with Gasteiger partial charge >= 0.3 is 12.6 Å². The topological polar surface area (TPSA) is 68.2 Å². The van der Waals surface area contributed by atoms with E-state index >= 15 is 0 Å². The van der Waals surface area contributed by atoms with Gasteiger partial charge in [0.1, 0.15) is 5.75 Å². The third-order valence-electron chi connectivity index (χ3n) is 3.50. The molecule has 0 aliphatic heterocycles. The number of rotatable bonds is 6. The Morgan fingerprint density at radius 1 is 1.21 bits per heavy atom. The monoisotopic (exact) mass is 338 g/mol. The van der Waals surface area contributed by atoms with E-state index in [-0.39, 0.29) is 23.9 Å². The van der Waals surface area contributed by atoms with Crippen molar-refractivity contribution >= 4 is 6.03 Å². The fraction of sp³-hybridized carbons (Fsp3) is 0.375. The number of aromatic nitrogens is 2. The number of nitrogens with one attached hydrogen (secondary N) is 2. The Hall–Kier alpha value is -2.64. The van der Waals surface area contributed by atoms with E-state index in [1.54, 1.807) is 37.0 Å². The lowest BCUT2D eigenvalue weighted by atomic mass is 10.1. The second kappa shape index (κ2) is 7.76. The fourth-order valence-corrected chi connectivity index (χ4v) is 2.23. The third-order valence-corrected chi connectivity index (χ3v) is 3.50. The second-order valence-electron chi connectivity index (χ2n) is 5.46. The molecule has 6 nitrogen and oxygen atoms in total. The van der Waals surface area contributed by atoms with Crippen LogP contribution in [0.3, 0.4) is 0 Å². The van der Waals surface area contributed by atoms with Crippen molar-refractivity contribution in [2.24, 2.45) is 7.05 Å². The Labute approximate surface area is 138 Å². The van der Waals surface area contributed by atoms with E-state index in [0.717, 1.165) is 5.56 Å². The number of aryl methyl sites for hydroxylation is 1. The Kier molecular flexibility index (Phi) is 5.73. The van der Waals surface area contributed by atoms with Crippen molar-refractivity contribution in [3.05, 3.63) is 47.8 Å². The number of alkyl halides is 2. The molecule has 2 amide bonds. The Morgan fingerprint density at radius 3 is 2.46 bits per heavy atom. The Bertz CT molecular complexity index is 690. The lowest BCUT2D eigenvalue weighted by Crippen LogP contribution is -2.38. The van der Waals surface area contributed by atoms with Crippen molar-refractivity contribution in [3.63, 3.8) is 0 Å². The number of halogens is 2. The molecule has 0 aliphatic rings. The Balaban J connectivity index is 1.93. The molecule has 0 saturated carbocycles. The van der Waals surface area contributed by atoms with Crippen LogP contribution in [-0.2, 0) is 7.05 Å². The number of ether oxygens (including phenoxy) is 1. The first-order chi connectivity index (χ1) is 11.3. The summed E-state index contributed by atoms with van der Waals surface area (Å²) in [6.07, 6.45) is 3.50. The van der Waals surface area contributed by atoms with Crippen molar-refractivity contribution < 1.29 is 18.3 Å². The zero-order chi connectivity index (χ0) is 17.7. The van der Waals surface area contributed by atoms with E-state index in [0.29, 0.717) is 5.56 Å². The number of carbonyl (C=O) groups excluding carboxylic acids is 1. The average Bonchev–Trinajstić information content (AvgIpc) is 2.93. The first-order valence-electron chi connectivity index (χ1n) is 7.45. The second-order valence-corrected chi connectivity index (χ2v) is 5.46. The number of nitrogens with zero attached hydrogens (tertiary/aromatic N) is 2. The molecule has 130 valence electrons. The SMILES string of the molecule is CC(NC(=O)NC(C)c1cnn(C)c1)c1cccc(OC(F)F)c1. The molecule has 0 radical (unpaired) electrons. The number of amides is 2. The van der Waals surface area contributed by atoms with Gasteiger partial charge in [0, 0.05) is 18.8 Å². The lowest BCUT2D eigenvalue weighted by Gasteiger charge is -2.18. The average molecular weight is 338 g/mol. The van der Waals surface area contributed by atoms with Gasteiger partial charge < -0.3 is 15.4 Å². The molecule has 1 aromatic heterocycles. The summed E-state index contributed by atoms with van der Waals surface area (Å²) < 4.78 is 30.5. The van der Waals surface area contributed by atoms with Gasteiger partial charge in [0.05, 0.1) is 18.3 Å². The molecule has 2 aromatic rings. The largest absolute Gasteiger partial charge is 0.435 e. The standard InChI is InChI=1S/C16H20F2N4O2/c1-10(12-5-4-6-14(7-12)24-15(17)18)20-16(23)21-11(2)13-8-19-22(3)9-13/h4-11,15H,1-3H3,(H2,20,21,23). The number of benzene rings is 1. The molecule has 2 atom stereocenters. The predicted molar refractivity (Wildman–Crippen MR) is 84.8 cm³/mol. The van der Waals surface area contributed by atoms with Crippen molar-refractivity contribution in [1.82, 2.24) is 20.4 Å².